The highest BCUT2D eigenvalue weighted by Crippen LogP contribution is 2.36. The van der Waals surface area contributed by atoms with Crippen LogP contribution in [0.5, 0.6) is 0 Å². The lowest BCUT2D eigenvalue weighted by atomic mass is 9.96. The molecule has 0 amide bonds. The van der Waals surface area contributed by atoms with Crippen LogP contribution in [0.15, 0.2) is 65.1 Å². The van der Waals surface area contributed by atoms with E-state index >= 15 is 0 Å². The highest BCUT2D eigenvalue weighted by Gasteiger charge is 2.16. The van der Waals surface area contributed by atoms with E-state index in [0.717, 1.165) is 57.6 Å². The van der Waals surface area contributed by atoms with Gasteiger partial charge in [0.15, 0.2) is 5.58 Å². The highest BCUT2D eigenvalue weighted by atomic mass is 35.5. The minimum Gasteiger partial charge on any atom is -0.436 e. The monoisotopic (exact) mass is 375 g/mol. The zero-order valence-corrected chi connectivity index (χ0v) is 16.4. The van der Waals surface area contributed by atoms with Gasteiger partial charge in [0, 0.05) is 16.1 Å². The number of fused-ring (bicyclic) bond motifs is 1. The normalized spacial score (nSPS) is 11.2. The fraction of sp³-hybridized carbons (Fsp3) is 0.208. The number of aryl methyl sites for hydroxylation is 2. The Morgan fingerprint density at radius 2 is 1.78 bits per heavy atom. The van der Waals surface area contributed by atoms with E-state index < -0.39 is 0 Å². The number of rotatable bonds is 5. The summed E-state index contributed by atoms with van der Waals surface area (Å²) in [6.45, 7) is 4.30. The summed E-state index contributed by atoms with van der Waals surface area (Å²) < 4.78 is 6.19. The van der Waals surface area contributed by atoms with Crippen LogP contribution in [0.3, 0.4) is 0 Å². The third-order valence-corrected chi connectivity index (χ3v) is 5.21. The van der Waals surface area contributed by atoms with Crippen molar-refractivity contribution in [3.8, 4) is 22.6 Å². The van der Waals surface area contributed by atoms with Gasteiger partial charge in [0.2, 0.25) is 5.89 Å². The lowest BCUT2D eigenvalue weighted by molar-refractivity contribution is 0.613. The summed E-state index contributed by atoms with van der Waals surface area (Å²) in [4.78, 5) is 4.79. The van der Waals surface area contributed by atoms with Crippen LogP contribution in [-0.2, 0) is 6.42 Å². The minimum absolute atomic E-state index is 0.663. The summed E-state index contributed by atoms with van der Waals surface area (Å²) in [6.07, 6.45) is 3.21. The Hall–Kier alpha value is -2.58. The van der Waals surface area contributed by atoms with E-state index in [1.807, 2.05) is 42.5 Å². The largest absolute Gasteiger partial charge is 0.436 e. The molecule has 1 heterocycles. The molecule has 0 atom stereocenters. The van der Waals surface area contributed by atoms with Gasteiger partial charge >= 0.3 is 0 Å². The van der Waals surface area contributed by atoms with Crippen LogP contribution in [0.25, 0.3) is 33.7 Å². The van der Waals surface area contributed by atoms with Gasteiger partial charge in [-0.05, 0) is 66.8 Å². The van der Waals surface area contributed by atoms with Gasteiger partial charge in [-0.15, -0.1) is 0 Å². The molecule has 0 bridgehead atoms. The number of nitrogens with zero attached hydrogens (tertiary/aromatic N) is 1. The van der Waals surface area contributed by atoms with Crippen molar-refractivity contribution >= 4 is 22.7 Å². The fourth-order valence-electron chi connectivity index (χ4n) is 3.50. The molecule has 4 aromatic rings. The van der Waals surface area contributed by atoms with Crippen molar-refractivity contribution in [3.05, 3.63) is 76.8 Å². The molecular formula is C24H22ClNO. The molecule has 0 radical (unpaired) electrons. The van der Waals surface area contributed by atoms with Crippen LogP contribution in [-0.4, -0.2) is 4.98 Å². The Morgan fingerprint density at radius 3 is 2.52 bits per heavy atom. The molecule has 2 nitrogen and oxygen atoms in total. The summed E-state index contributed by atoms with van der Waals surface area (Å²) in [5.41, 5.74) is 7.29. The van der Waals surface area contributed by atoms with Gasteiger partial charge in [0.25, 0.3) is 0 Å². The van der Waals surface area contributed by atoms with E-state index in [4.69, 9.17) is 21.0 Å². The number of benzene rings is 3. The number of unbranched alkanes of at least 4 members (excludes halogenated alkanes) is 1. The van der Waals surface area contributed by atoms with Crippen molar-refractivity contribution in [3.63, 3.8) is 0 Å². The Balaban J connectivity index is 1.92. The fourth-order valence-corrected chi connectivity index (χ4v) is 3.83. The summed E-state index contributed by atoms with van der Waals surface area (Å²) in [5, 5.41) is 0.766. The summed E-state index contributed by atoms with van der Waals surface area (Å²) in [5.74, 6) is 0.663. The van der Waals surface area contributed by atoms with E-state index in [2.05, 4.69) is 32.0 Å². The maximum atomic E-state index is 6.53. The van der Waals surface area contributed by atoms with E-state index in [0.29, 0.717) is 5.89 Å². The van der Waals surface area contributed by atoms with E-state index in [9.17, 15) is 0 Å². The molecule has 0 aliphatic carbocycles. The second kappa shape index (κ2) is 7.58. The molecule has 136 valence electrons. The van der Waals surface area contributed by atoms with Crippen LogP contribution < -0.4 is 0 Å². The molecule has 0 unspecified atom stereocenters. The SMILES string of the molecule is CCCCc1cc(-c2c(C)cccc2Cl)cc2nc(-c3ccccc3)oc12. The Morgan fingerprint density at radius 1 is 0.963 bits per heavy atom. The summed E-state index contributed by atoms with van der Waals surface area (Å²) >= 11 is 6.53. The van der Waals surface area contributed by atoms with Gasteiger partial charge < -0.3 is 4.42 Å². The molecule has 0 spiro atoms. The third kappa shape index (κ3) is 3.50. The number of oxazole rings is 1. The van der Waals surface area contributed by atoms with E-state index in [1.165, 1.54) is 5.56 Å². The molecule has 0 saturated carbocycles. The van der Waals surface area contributed by atoms with Crippen molar-refractivity contribution < 1.29 is 4.42 Å². The first-order valence-electron chi connectivity index (χ1n) is 9.41. The number of hydrogen-bond donors (Lipinski definition) is 0. The van der Waals surface area contributed by atoms with E-state index in [-0.39, 0.29) is 0 Å². The Bertz CT molecular complexity index is 1060. The van der Waals surface area contributed by atoms with Crippen molar-refractivity contribution in [2.45, 2.75) is 33.1 Å². The lowest BCUT2D eigenvalue weighted by Gasteiger charge is -2.10. The Kier molecular flexibility index (Phi) is 5.00. The highest BCUT2D eigenvalue weighted by molar-refractivity contribution is 6.33. The molecule has 3 heteroatoms. The quantitative estimate of drug-likeness (QED) is 0.361. The van der Waals surface area contributed by atoms with Crippen molar-refractivity contribution in [2.24, 2.45) is 0 Å². The maximum absolute atomic E-state index is 6.53. The molecule has 3 aromatic carbocycles. The number of halogens is 1. The van der Waals surface area contributed by atoms with Crippen molar-refractivity contribution in [2.75, 3.05) is 0 Å². The first-order valence-corrected chi connectivity index (χ1v) is 9.79. The van der Waals surface area contributed by atoms with Gasteiger partial charge in [-0.1, -0.05) is 55.3 Å². The molecular weight excluding hydrogens is 354 g/mol. The minimum atomic E-state index is 0.663. The van der Waals surface area contributed by atoms with E-state index in [1.54, 1.807) is 0 Å². The molecule has 1 aromatic heterocycles. The predicted molar refractivity (Wildman–Crippen MR) is 113 cm³/mol. The van der Waals surface area contributed by atoms with Crippen LogP contribution in [0, 0.1) is 6.92 Å². The first-order chi connectivity index (χ1) is 13.2. The third-order valence-electron chi connectivity index (χ3n) is 4.90. The van der Waals surface area contributed by atoms with Crippen LogP contribution in [0.1, 0.15) is 30.9 Å². The molecule has 0 saturated heterocycles. The molecule has 27 heavy (non-hydrogen) atoms. The average molecular weight is 376 g/mol. The smallest absolute Gasteiger partial charge is 0.227 e. The molecule has 0 N–H and O–H groups in total. The second-order valence-electron chi connectivity index (χ2n) is 6.90. The molecule has 4 rings (SSSR count). The van der Waals surface area contributed by atoms with Crippen LogP contribution in [0.4, 0.5) is 0 Å². The molecule has 0 aliphatic rings. The van der Waals surface area contributed by atoms with Gasteiger partial charge in [-0.3, -0.25) is 0 Å². The molecule has 0 fully saturated rings. The van der Waals surface area contributed by atoms with Crippen LogP contribution >= 0.6 is 11.6 Å². The summed E-state index contributed by atoms with van der Waals surface area (Å²) in [7, 11) is 0. The lowest BCUT2D eigenvalue weighted by Crippen LogP contribution is -1.91. The van der Waals surface area contributed by atoms with Gasteiger partial charge in [-0.25, -0.2) is 4.98 Å². The maximum Gasteiger partial charge on any atom is 0.227 e. The van der Waals surface area contributed by atoms with Gasteiger partial charge in [-0.2, -0.15) is 0 Å². The van der Waals surface area contributed by atoms with Crippen molar-refractivity contribution in [1.29, 1.82) is 0 Å². The summed E-state index contributed by atoms with van der Waals surface area (Å²) in [6, 6.07) is 20.4. The number of hydrogen-bond acceptors (Lipinski definition) is 2. The van der Waals surface area contributed by atoms with Crippen LogP contribution in [0.2, 0.25) is 5.02 Å². The van der Waals surface area contributed by atoms with Crippen molar-refractivity contribution in [1.82, 2.24) is 4.98 Å². The zero-order chi connectivity index (χ0) is 18.8. The first kappa shape index (κ1) is 17.8. The van der Waals surface area contributed by atoms with Gasteiger partial charge in [0.05, 0.1) is 0 Å². The average Bonchev–Trinajstić information content (AvgIpc) is 3.11. The molecule has 0 aliphatic heterocycles. The topological polar surface area (TPSA) is 26.0 Å². The zero-order valence-electron chi connectivity index (χ0n) is 15.6. The Labute approximate surface area is 164 Å². The second-order valence-corrected chi connectivity index (χ2v) is 7.31. The van der Waals surface area contributed by atoms with Gasteiger partial charge in [0.1, 0.15) is 5.52 Å². The predicted octanol–water partition coefficient (Wildman–Crippen LogP) is 7.47. The standard InChI is InChI=1S/C24H22ClNO/c1-3-4-10-18-14-19(22-16(2)9-8-13-20(22)25)15-21-23(18)27-24(26-21)17-11-6-5-7-12-17/h5-9,11-15H,3-4,10H2,1-2H3. The number of aromatic nitrogens is 1.